The Hall–Kier alpha value is -1.15. The summed E-state index contributed by atoms with van der Waals surface area (Å²) in [7, 11) is 0. The Balaban J connectivity index is 2.62. The highest BCUT2D eigenvalue weighted by atomic mass is 35.5. The van der Waals surface area contributed by atoms with Crippen molar-refractivity contribution >= 4 is 29.3 Å². The fraction of sp³-hybridized carbons (Fsp3) is 0.400. The van der Waals surface area contributed by atoms with Gasteiger partial charge in [0.2, 0.25) is 0 Å². The zero-order valence-electron chi connectivity index (χ0n) is 11.4. The van der Waals surface area contributed by atoms with Gasteiger partial charge in [0.05, 0.1) is 11.6 Å². The van der Waals surface area contributed by atoms with E-state index in [9.17, 15) is 4.79 Å². The van der Waals surface area contributed by atoms with E-state index in [1.807, 2.05) is 6.26 Å². The SMILES string of the molecule is CSCCCNC(=O)c1ccc(C#CCCO)c(Cl)c1. The van der Waals surface area contributed by atoms with Crippen LogP contribution in [0.2, 0.25) is 5.02 Å². The van der Waals surface area contributed by atoms with Crippen molar-refractivity contribution in [3.63, 3.8) is 0 Å². The number of nitrogens with one attached hydrogen (secondary N) is 1. The van der Waals surface area contributed by atoms with E-state index in [0.29, 0.717) is 29.1 Å². The Bertz CT molecular complexity index is 508. The first-order valence-electron chi connectivity index (χ1n) is 6.35. The lowest BCUT2D eigenvalue weighted by atomic mass is 10.1. The number of benzene rings is 1. The lowest BCUT2D eigenvalue weighted by Crippen LogP contribution is -2.24. The van der Waals surface area contributed by atoms with Gasteiger partial charge >= 0.3 is 0 Å². The number of hydrogen-bond donors (Lipinski definition) is 2. The molecular weight excluding hydrogens is 294 g/mol. The molecule has 2 N–H and O–H groups in total. The van der Waals surface area contributed by atoms with E-state index < -0.39 is 0 Å². The second-order valence-electron chi connectivity index (χ2n) is 4.07. The Kier molecular flexibility index (Phi) is 8.20. The topological polar surface area (TPSA) is 49.3 Å². The molecule has 3 nitrogen and oxygen atoms in total. The van der Waals surface area contributed by atoms with E-state index in [0.717, 1.165) is 12.2 Å². The van der Waals surface area contributed by atoms with Gasteiger partial charge in [-0.05, 0) is 36.6 Å². The van der Waals surface area contributed by atoms with Crippen LogP contribution in [0.25, 0.3) is 0 Å². The van der Waals surface area contributed by atoms with Crippen LogP contribution in [-0.2, 0) is 0 Å². The number of aliphatic hydroxyl groups excluding tert-OH is 1. The number of carbonyl (C=O) groups is 1. The van der Waals surface area contributed by atoms with E-state index in [4.69, 9.17) is 16.7 Å². The highest BCUT2D eigenvalue weighted by Gasteiger charge is 2.07. The van der Waals surface area contributed by atoms with Crippen molar-refractivity contribution in [3.8, 4) is 11.8 Å². The van der Waals surface area contributed by atoms with Crippen molar-refractivity contribution in [2.24, 2.45) is 0 Å². The van der Waals surface area contributed by atoms with Gasteiger partial charge in [-0.25, -0.2) is 0 Å². The van der Waals surface area contributed by atoms with Gasteiger partial charge in [0, 0.05) is 24.1 Å². The van der Waals surface area contributed by atoms with E-state index >= 15 is 0 Å². The molecule has 0 aliphatic rings. The molecule has 0 aromatic heterocycles. The maximum atomic E-state index is 11.9. The minimum absolute atomic E-state index is 0.0289. The van der Waals surface area contributed by atoms with Gasteiger partial charge < -0.3 is 10.4 Å². The molecule has 0 spiro atoms. The normalized spacial score (nSPS) is 9.75. The molecule has 1 aromatic carbocycles. The van der Waals surface area contributed by atoms with Crippen LogP contribution in [0.3, 0.4) is 0 Å². The van der Waals surface area contributed by atoms with Crippen molar-refractivity contribution in [1.29, 1.82) is 0 Å². The summed E-state index contributed by atoms with van der Waals surface area (Å²) in [5, 5.41) is 12.0. The smallest absolute Gasteiger partial charge is 0.251 e. The van der Waals surface area contributed by atoms with E-state index in [-0.39, 0.29) is 12.5 Å². The van der Waals surface area contributed by atoms with Crippen LogP contribution in [0, 0.1) is 11.8 Å². The van der Waals surface area contributed by atoms with Gasteiger partial charge in [0.15, 0.2) is 0 Å². The molecule has 0 saturated carbocycles. The molecule has 1 aromatic rings. The first-order valence-corrected chi connectivity index (χ1v) is 8.12. The maximum absolute atomic E-state index is 11.9. The predicted molar refractivity (Wildman–Crippen MR) is 85.4 cm³/mol. The first-order chi connectivity index (χ1) is 9.69. The van der Waals surface area contributed by atoms with Crippen molar-refractivity contribution in [2.75, 3.05) is 25.2 Å². The number of hydrogen-bond acceptors (Lipinski definition) is 3. The number of carbonyl (C=O) groups excluding carboxylic acids is 1. The summed E-state index contributed by atoms with van der Waals surface area (Å²) in [6.45, 7) is 0.691. The minimum Gasteiger partial charge on any atom is -0.395 e. The summed E-state index contributed by atoms with van der Waals surface area (Å²) < 4.78 is 0. The highest BCUT2D eigenvalue weighted by molar-refractivity contribution is 7.98. The van der Waals surface area contributed by atoms with Crippen molar-refractivity contribution in [2.45, 2.75) is 12.8 Å². The summed E-state index contributed by atoms with van der Waals surface area (Å²) in [5.41, 5.74) is 1.20. The molecule has 1 amide bonds. The Morgan fingerprint density at radius 2 is 2.30 bits per heavy atom. The zero-order valence-corrected chi connectivity index (χ0v) is 13.0. The third kappa shape index (κ3) is 5.87. The van der Waals surface area contributed by atoms with Crippen LogP contribution in [0.5, 0.6) is 0 Å². The molecule has 0 aliphatic carbocycles. The number of aliphatic hydroxyl groups is 1. The second kappa shape index (κ2) is 9.71. The zero-order chi connectivity index (χ0) is 14.8. The maximum Gasteiger partial charge on any atom is 0.251 e. The number of amides is 1. The standard InChI is InChI=1S/C15H18ClNO2S/c1-20-10-4-8-17-15(19)13-7-6-12(14(16)11-13)5-2-3-9-18/h6-7,11,18H,3-4,8-10H2,1H3,(H,17,19). The van der Waals surface area contributed by atoms with Crippen molar-refractivity contribution in [3.05, 3.63) is 34.3 Å². The van der Waals surface area contributed by atoms with Gasteiger partial charge in [-0.3, -0.25) is 4.79 Å². The second-order valence-corrected chi connectivity index (χ2v) is 5.47. The molecule has 0 fully saturated rings. The molecule has 0 atom stereocenters. The summed E-state index contributed by atoms with van der Waals surface area (Å²) in [4.78, 5) is 11.9. The molecule has 0 heterocycles. The van der Waals surface area contributed by atoms with Gasteiger partial charge in [-0.2, -0.15) is 11.8 Å². The fourth-order valence-electron chi connectivity index (χ4n) is 1.49. The molecule has 0 unspecified atom stereocenters. The third-order valence-corrected chi connectivity index (χ3v) is 3.51. The first kappa shape index (κ1) is 16.9. The molecule has 0 saturated heterocycles. The van der Waals surface area contributed by atoms with Gasteiger partial charge in [0.25, 0.3) is 5.91 Å². The molecule has 0 radical (unpaired) electrons. The van der Waals surface area contributed by atoms with Crippen molar-refractivity contribution < 1.29 is 9.90 Å². The number of halogens is 1. The third-order valence-electron chi connectivity index (χ3n) is 2.50. The highest BCUT2D eigenvalue weighted by Crippen LogP contribution is 2.17. The number of rotatable bonds is 6. The van der Waals surface area contributed by atoms with E-state index in [1.54, 1.807) is 30.0 Å². The molecule has 0 aliphatic heterocycles. The lowest BCUT2D eigenvalue weighted by Gasteiger charge is -2.05. The molecule has 108 valence electrons. The fourth-order valence-corrected chi connectivity index (χ4v) is 2.15. The molecule has 5 heteroatoms. The van der Waals surface area contributed by atoms with Crippen LogP contribution in [0.1, 0.15) is 28.8 Å². The molecule has 1 rings (SSSR count). The summed E-state index contributed by atoms with van der Waals surface area (Å²) in [6, 6.07) is 5.05. The summed E-state index contributed by atoms with van der Waals surface area (Å²) in [5.74, 6) is 6.57. The van der Waals surface area contributed by atoms with E-state index in [2.05, 4.69) is 17.2 Å². The largest absolute Gasteiger partial charge is 0.395 e. The van der Waals surface area contributed by atoms with Crippen LogP contribution < -0.4 is 5.32 Å². The Labute approximate surface area is 129 Å². The Morgan fingerprint density at radius 1 is 1.50 bits per heavy atom. The van der Waals surface area contributed by atoms with Crippen LogP contribution in [0.4, 0.5) is 0 Å². The average molecular weight is 312 g/mol. The van der Waals surface area contributed by atoms with Gasteiger partial charge in [-0.15, -0.1) is 0 Å². The van der Waals surface area contributed by atoms with E-state index in [1.165, 1.54) is 0 Å². The molecular formula is C15H18ClNO2S. The summed E-state index contributed by atoms with van der Waals surface area (Å²) in [6.07, 6.45) is 3.40. The average Bonchev–Trinajstić information content (AvgIpc) is 2.45. The number of thioether (sulfide) groups is 1. The van der Waals surface area contributed by atoms with Gasteiger partial charge in [0.1, 0.15) is 0 Å². The molecule has 0 bridgehead atoms. The van der Waals surface area contributed by atoms with Crippen molar-refractivity contribution in [1.82, 2.24) is 5.32 Å². The van der Waals surface area contributed by atoms with Crippen LogP contribution in [0.15, 0.2) is 18.2 Å². The van der Waals surface area contributed by atoms with Gasteiger partial charge in [-0.1, -0.05) is 23.4 Å². The van der Waals surface area contributed by atoms with Crippen LogP contribution in [-0.4, -0.2) is 36.2 Å². The Morgan fingerprint density at radius 3 is 2.95 bits per heavy atom. The monoisotopic (exact) mass is 311 g/mol. The predicted octanol–water partition coefficient (Wildman–Crippen LogP) is 2.56. The van der Waals surface area contributed by atoms with Crippen LogP contribution >= 0.6 is 23.4 Å². The molecule has 20 heavy (non-hydrogen) atoms. The summed E-state index contributed by atoms with van der Waals surface area (Å²) >= 11 is 7.85. The lowest BCUT2D eigenvalue weighted by molar-refractivity contribution is 0.0954. The quantitative estimate of drug-likeness (QED) is 0.627. The minimum atomic E-state index is -0.122.